The maximum atomic E-state index is 12.1. The van der Waals surface area contributed by atoms with Crippen LogP contribution in [0.5, 0.6) is 5.75 Å². The molecule has 0 aliphatic carbocycles. The quantitative estimate of drug-likeness (QED) is 0.824. The first-order valence-corrected chi connectivity index (χ1v) is 9.31. The number of ether oxygens (including phenoxy) is 1. The third kappa shape index (κ3) is 6.48. The Morgan fingerprint density at radius 3 is 2.39 bits per heavy atom. The van der Waals surface area contributed by atoms with E-state index in [9.17, 15) is 13.2 Å². The van der Waals surface area contributed by atoms with Crippen LogP contribution in [-0.4, -0.2) is 39.8 Å². The van der Waals surface area contributed by atoms with E-state index in [0.717, 1.165) is 6.26 Å². The van der Waals surface area contributed by atoms with Crippen molar-refractivity contribution in [2.75, 3.05) is 24.2 Å². The number of para-hydroxylation sites is 2. The van der Waals surface area contributed by atoms with Crippen LogP contribution in [-0.2, 0) is 14.8 Å². The molecule has 6 nitrogen and oxygen atoms in total. The van der Waals surface area contributed by atoms with Gasteiger partial charge in [0.25, 0.3) is 0 Å². The Morgan fingerprint density at radius 1 is 1.26 bits per heavy atom. The molecule has 0 aliphatic rings. The van der Waals surface area contributed by atoms with Crippen molar-refractivity contribution in [1.29, 1.82) is 0 Å². The van der Waals surface area contributed by atoms with Gasteiger partial charge in [-0.2, -0.15) is 0 Å². The lowest BCUT2D eigenvalue weighted by atomic mass is 10.1. The lowest BCUT2D eigenvalue weighted by Crippen LogP contribution is -2.41. The van der Waals surface area contributed by atoms with Crippen LogP contribution in [0.1, 0.15) is 33.6 Å². The maximum Gasteiger partial charge on any atom is 0.232 e. The van der Waals surface area contributed by atoms with E-state index >= 15 is 0 Å². The van der Waals surface area contributed by atoms with Gasteiger partial charge in [-0.1, -0.05) is 12.1 Å². The van der Waals surface area contributed by atoms with E-state index in [-0.39, 0.29) is 24.4 Å². The molecule has 0 radical (unpaired) electrons. The van der Waals surface area contributed by atoms with E-state index in [0.29, 0.717) is 17.9 Å². The van der Waals surface area contributed by atoms with Crippen molar-refractivity contribution in [1.82, 2.24) is 5.32 Å². The maximum absolute atomic E-state index is 12.1. The zero-order valence-corrected chi connectivity index (χ0v) is 15.2. The standard InChI is InChI=1S/C16H26N2O4S/c1-16(2,3)17-15(19)11-8-12-18(23(5,20)21)13-9-6-7-10-14(13)22-4/h6-7,9-10H,8,11-12H2,1-5H3,(H,17,19). The molecule has 0 fully saturated rings. The highest BCUT2D eigenvalue weighted by molar-refractivity contribution is 7.92. The number of anilines is 1. The molecule has 0 atom stereocenters. The second-order valence-corrected chi connectivity index (χ2v) is 8.32. The number of carbonyl (C=O) groups is 1. The summed E-state index contributed by atoms with van der Waals surface area (Å²) in [4.78, 5) is 11.8. The van der Waals surface area contributed by atoms with Crippen molar-refractivity contribution in [3.63, 3.8) is 0 Å². The number of sulfonamides is 1. The topological polar surface area (TPSA) is 75.7 Å². The minimum atomic E-state index is -3.46. The van der Waals surface area contributed by atoms with Crippen molar-refractivity contribution in [2.45, 2.75) is 39.2 Å². The highest BCUT2D eigenvalue weighted by Gasteiger charge is 2.21. The summed E-state index contributed by atoms with van der Waals surface area (Å²) in [6.45, 7) is 5.93. The van der Waals surface area contributed by atoms with Gasteiger partial charge in [0.2, 0.25) is 15.9 Å². The summed E-state index contributed by atoms with van der Waals surface area (Å²) < 4.78 is 30.7. The van der Waals surface area contributed by atoms with E-state index in [1.54, 1.807) is 24.3 Å². The zero-order valence-electron chi connectivity index (χ0n) is 14.4. The van der Waals surface area contributed by atoms with Gasteiger partial charge in [-0.25, -0.2) is 8.42 Å². The van der Waals surface area contributed by atoms with E-state index in [4.69, 9.17) is 4.74 Å². The highest BCUT2D eigenvalue weighted by atomic mass is 32.2. The van der Waals surface area contributed by atoms with Crippen molar-refractivity contribution in [3.05, 3.63) is 24.3 Å². The Balaban J connectivity index is 2.81. The predicted molar refractivity (Wildman–Crippen MR) is 92.3 cm³/mol. The lowest BCUT2D eigenvalue weighted by Gasteiger charge is -2.25. The minimum Gasteiger partial charge on any atom is -0.495 e. The number of amides is 1. The molecule has 1 amide bonds. The molecule has 1 rings (SSSR count). The number of nitrogens with one attached hydrogen (secondary N) is 1. The summed E-state index contributed by atoms with van der Waals surface area (Å²) >= 11 is 0. The van der Waals surface area contributed by atoms with Gasteiger partial charge in [-0.05, 0) is 39.3 Å². The van der Waals surface area contributed by atoms with Gasteiger partial charge < -0.3 is 10.1 Å². The second kappa shape index (κ2) is 7.68. The van der Waals surface area contributed by atoms with E-state index in [1.165, 1.54) is 11.4 Å². The molecule has 1 aromatic carbocycles. The summed E-state index contributed by atoms with van der Waals surface area (Å²) in [5.74, 6) is 0.392. The minimum absolute atomic E-state index is 0.0917. The molecule has 130 valence electrons. The second-order valence-electron chi connectivity index (χ2n) is 6.41. The summed E-state index contributed by atoms with van der Waals surface area (Å²) in [7, 11) is -1.97. The summed E-state index contributed by atoms with van der Waals surface area (Å²) in [5, 5.41) is 2.86. The van der Waals surface area contributed by atoms with Crippen molar-refractivity contribution >= 4 is 21.6 Å². The monoisotopic (exact) mass is 342 g/mol. The fourth-order valence-corrected chi connectivity index (χ4v) is 3.13. The molecule has 1 N–H and O–H groups in total. The largest absolute Gasteiger partial charge is 0.495 e. The molecule has 0 saturated heterocycles. The first kappa shape index (κ1) is 19.3. The first-order chi connectivity index (χ1) is 10.5. The van der Waals surface area contributed by atoms with Crippen LogP contribution in [0, 0.1) is 0 Å². The van der Waals surface area contributed by atoms with Gasteiger partial charge in [0, 0.05) is 18.5 Å². The Labute approximate surface area is 138 Å². The van der Waals surface area contributed by atoms with Crippen molar-refractivity contribution in [2.24, 2.45) is 0 Å². The summed E-state index contributed by atoms with van der Waals surface area (Å²) in [6.07, 6.45) is 1.83. The molecule has 0 heterocycles. The average molecular weight is 342 g/mol. The Kier molecular flexibility index (Phi) is 6.44. The van der Waals surface area contributed by atoms with Crippen molar-refractivity contribution in [3.8, 4) is 5.75 Å². The van der Waals surface area contributed by atoms with Gasteiger partial charge in [-0.15, -0.1) is 0 Å². The smallest absolute Gasteiger partial charge is 0.232 e. The van der Waals surface area contributed by atoms with Gasteiger partial charge >= 0.3 is 0 Å². The van der Waals surface area contributed by atoms with Gasteiger partial charge in [-0.3, -0.25) is 9.10 Å². The summed E-state index contributed by atoms with van der Waals surface area (Å²) in [6, 6.07) is 6.93. The molecule has 23 heavy (non-hydrogen) atoms. The fourth-order valence-electron chi connectivity index (χ4n) is 2.16. The number of hydrogen-bond donors (Lipinski definition) is 1. The number of rotatable bonds is 7. The van der Waals surface area contributed by atoms with E-state index in [2.05, 4.69) is 5.32 Å². The predicted octanol–water partition coefficient (Wildman–Crippen LogP) is 2.16. The summed E-state index contributed by atoms with van der Waals surface area (Å²) in [5.41, 5.74) is 0.185. The van der Waals surface area contributed by atoms with Crippen LogP contribution in [0.4, 0.5) is 5.69 Å². The third-order valence-electron chi connectivity index (χ3n) is 3.03. The molecule has 0 spiro atoms. The molecule has 0 aliphatic heterocycles. The third-order valence-corrected chi connectivity index (χ3v) is 4.21. The highest BCUT2D eigenvalue weighted by Crippen LogP contribution is 2.29. The number of methoxy groups -OCH3 is 1. The molecule has 7 heteroatoms. The van der Waals surface area contributed by atoms with E-state index < -0.39 is 10.0 Å². The molecule has 0 aromatic heterocycles. The molecule has 0 bridgehead atoms. The van der Waals surface area contributed by atoms with Gasteiger partial charge in [0.15, 0.2) is 0 Å². The van der Waals surface area contributed by atoms with Crippen LogP contribution >= 0.6 is 0 Å². The lowest BCUT2D eigenvalue weighted by molar-refractivity contribution is -0.122. The average Bonchev–Trinajstić information content (AvgIpc) is 2.40. The van der Waals surface area contributed by atoms with Crippen LogP contribution in [0.3, 0.4) is 0 Å². The SMILES string of the molecule is COc1ccccc1N(CCCC(=O)NC(C)(C)C)S(C)(=O)=O. The van der Waals surface area contributed by atoms with Crippen LogP contribution in [0.15, 0.2) is 24.3 Å². The van der Waals surface area contributed by atoms with Crippen molar-refractivity contribution < 1.29 is 17.9 Å². The zero-order chi connectivity index (χ0) is 17.7. The number of hydrogen-bond acceptors (Lipinski definition) is 4. The normalized spacial score (nSPS) is 11.9. The number of nitrogens with zero attached hydrogens (tertiary/aromatic N) is 1. The van der Waals surface area contributed by atoms with Gasteiger partial charge in [0.1, 0.15) is 5.75 Å². The van der Waals surface area contributed by atoms with Crippen LogP contribution < -0.4 is 14.4 Å². The molecule has 0 saturated carbocycles. The number of benzene rings is 1. The molecule has 0 unspecified atom stereocenters. The number of carbonyl (C=O) groups excluding carboxylic acids is 1. The van der Waals surface area contributed by atoms with E-state index in [1.807, 2.05) is 20.8 Å². The molecule has 1 aromatic rings. The van der Waals surface area contributed by atoms with Crippen LogP contribution in [0.25, 0.3) is 0 Å². The van der Waals surface area contributed by atoms with Gasteiger partial charge in [0.05, 0.1) is 19.1 Å². The Bertz CT molecular complexity index is 636. The molecular weight excluding hydrogens is 316 g/mol. The first-order valence-electron chi connectivity index (χ1n) is 7.46. The molecular formula is C16H26N2O4S. The van der Waals surface area contributed by atoms with Crippen LogP contribution in [0.2, 0.25) is 0 Å². The fraction of sp³-hybridized carbons (Fsp3) is 0.562. The Morgan fingerprint density at radius 2 is 1.87 bits per heavy atom. The Hall–Kier alpha value is -1.76.